The number of aryl methyl sites for hydroxylation is 1. The summed E-state index contributed by atoms with van der Waals surface area (Å²) >= 11 is 0. The van der Waals surface area contributed by atoms with Crippen molar-refractivity contribution in [3.63, 3.8) is 0 Å². The van der Waals surface area contributed by atoms with E-state index >= 15 is 0 Å². The van der Waals surface area contributed by atoms with Crippen molar-refractivity contribution in [3.8, 4) is 6.07 Å². The highest BCUT2D eigenvalue weighted by molar-refractivity contribution is 5.74. The van der Waals surface area contributed by atoms with Crippen LogP contribution < -0.4 is 4.90 Å². The topological polar surface area (TPSA) is 77.2 Å². The number of nitriles is 1. The standard InChI is InChI=1S/C12H15N3O2/c1-3-6-15(8-11(16)17)12-10(7-13)9(2)4-5-14-12/h4-5H,3,6,8H2,1-2H3,(H,16,17). The highest BCUT2D eigenvalue weighted by atomic mass is 16.4. The zero-order chi connectivity index (χ0) is 12.8. The molecule has 1 N–H and O–H groups in total. The van der Waals surface area contributed by atoms with Gasteiger partial charge in [-0.25, -0.2) is 4.98 Å². The molecule has 5 nitrogen and oxygen atoms in total. The van der Waals surface area contributed by atoms with Gasteiger partial charge in [0.2, 0.25) is 0 Å². The molecule has 0 saturated carbocycles. The Morgan fingerprint density at radius 2 is 2.35 bits per heavy atom. The van der Waals surface area contributed by atoms with E-state index in [1.54, 1.807) is 17.2 Å². The fourth-order valence-corrected chi connectivity index (χ4v) is 1.61. The summed E-state index contributed by atoms with van der Waals surface area (Å²) < 4.78 is 0. The molecule has 0 radical (unpaired) electrons. The number of anilines is 1. The number of rotatable bonds is 5. The second-order valence-corrected chi connectivity index (χ2v) is 3.75. The van der Waals surface area contributed by atoms with Crippen LogP contribution in [0.3, 0.4) is 0 Å². The molecule has 0 aliphatic rings. The monoisotopic (exact) mass is 233 g/mol. The average Bonchev–Trinajstić information content (AvgIpc) is 2.27. The number of aromatic nitrogens is 1. The van der Waals surface area contributed by atoms with E-state index in [0.717, 1.165) is 12.0 Å². The van der Waals surface area contributed by atoms with Crippen molar-refractivity contribution < 1.29 is 9.90 Å². The second-order valence-electron chi connectivity index (χ2n) is 3.75. The fourth-order valence-electron chi connectivity index (χ4n) is 1.61. The summed E-state index contributed by atoms with van der Waals surface area (Å²) in [6.07, 6.45) is 2.39. The van der Waals surface area contributed by atoms with E-state index in [9.17, 15) is 4.79 Å². The molecule has 0 bridgehead atoms. The van der Waals surface area contributed by atoms with Crippen LogP contribution in [-0.4, -0.2) is 29.1 Å². The Kier molecular flexibility index (Phi) is 4.46. The normalized spacial score (nSPS) is 9.71. The van der Waals surface area contributed by atoms with Crippen LogP contribution in [0.1, 0.15) is 24.5 Å². The summed E-state index contributed by atoms with van der Waals surface area (Å²) in [6.45, 7) is 4.20. The molecule has 90 valence electrons. The molecule has 17 heavy (non-hydrogen) atoms. The van der Waals surface area contributed by atoms with Crippen LogP contribution in [0.25, 0.3) is 0 Å². The molecule has 0 amide bonds. The van der Waals surface area contributed by atoms with Crippen LogP contribution in [0.4, 0.5) is 5.82 Å². The van der Waals surface area contributed by atoms with Crippen LogP contribution in [0, 0.1) is 18.3 Å². The number of carboxylic acids is 1. The largest absolute Gasteiger partial charge is 0.480 e. The average molecular weight is 233 g/mol. The maximum absolute atomic E-state index is 10.8. The van der Waals surface area contributed by atoms with E-state index < -0.39 is 5.97 Å². The van der Waals surface area contributed by atoms with Gasteiger partial charge in [-0.1, -0.05) is 6.92 Å². The van der Waals surface area contributed by atoms with Crippen molar-refractivity contribution in [1.29, 1.82) is 5.26 Å². The summed E-state index contributed by atoms with van der Waals surface area (Å²) in [4.78, 5) is 16.5. The fraction of sp³-hybridized carbons (Fsp3) is 0.417. The lowest BCUT2D eigenvalue weighted by Gasteiger charge is -2.22. The number of hydrogen-bond acceptors (Lipinski definition) is 4. The first-order chi connectivity index (χ1) is 8.10. The molecule has 0 saturated heterocycles. The lowest BCUT2D eigenvalue weighted by molar-refractivity contribution is -0.135. The number of nitrogens with zero attached hydrogens (tertiary/aromatic N) is 3. The lowest BCUT2D eigenvalue weighted by atomic mass is 10.1. The minimum absolute atomic E-state index is 0.140. The summed E-state index contributed by atoms with van der Waals surface area (Å²) in [6, 6.07) is 3.82. The van der Waals surface area contributed by atoms with Gasteiger partial charge in [0.1, 0.15) is 18.4 Å². The van der Waals surface area contributed by atoms with Crippen molar-refractivity contribution in [2.24, 2.45) is 0 Å². The summed E-state index contributed by atoms with van der Waals surface area (Å²) in [5.41, 5.74) is 1.26. The van der Waals surface area contributed by atoms with Crippen LogP contribution in [0.2, 0.25) is 0 Å². The van der Waals surface area contributed by atoms with E-state index in [0.29, 0.717) is 17.9 Å². The Morgan fingerprint density at radius 3 is 2.88 bits per heavy atom. The van der Waals surface area contributed by atoms with Gasteiger partial charge in [0.25, 0.3) is 0 Å². The van der Waals surface area contributed by atoms with Gasteiger partial charge in [0.15, 0.2) is 0 Å². The first-order valence-corrected chi connectivity index (χ1v) is 5.42. The van der Waals surface area contributed by atoms with Gasteiger partial charge in [-0.05, 0) is 25.0 Å². The second kappa shape index (κ2) is 5.85. The maximum Gasteiger partial charge on any atom is 0.323 e. The Balaban J connectivity index is 3.14. The molecule has 0 aromatic carbocycles. The molecule has 1 rings (SSSR count). The van der Waals surface area contributed by atoms with E-state index in [1.165, 1.54) is 0 Å². The van der Waals surface area contributed by atoms with Crippen molar-refractivity contribution >= 4 is 11.8 Å². The number of carboxylic acid groups (broad SMARTS) is 1. The quantitative estimate of drug-likeness (QED) is 0.835. The Morgan fingerprint density at radius 1 is 1.65 bits per heavy atom. The number of pyridine rings is 1. The zero-order valence-corrected chi connectivity index (χ0v) is 9.97. The highest BCUT2D eigenvalue weighted by Gasteiger charge is 2.16. The van der Waals surface area contributed by atoms with Crippen LogP contribution in [0.15, 0.2) is 12.3 Å². The van der Waals surface area contributed by atoms with E-state index in [4.69, 9.17) is 10.4 Å². The number of carbonyl (C=O) groups is 1. The molecule has 0 fully saturated rings. The lowest BCUT2D eigenvalue weighted by Crippen LogP contribution is -2.31. The third-order valence-corrected chi connectivity index (χ3v) is 2.37. The molecule has 0 atom stereocenters. The zero-order valence-electron chi connectivity index (χ0n) is 9.97. The summed E-state index contributed by atoms with van der Waals surface area (Å²) in [5.74, 6) is -0.470. The molecule has 1 aromatic rings. The van der Waals surface area contributed by atoms with Gasteiger partial charge in [-0.2, -0.15) is 5.26 Å². The molecule has 0 spiro atoms. The molecule has 0 aliphatic heterocycles. The summed E-state index contributed by atoms with van der Waals surface area (Å²) in [7, 11) is 0. The van der Waals surface area contributed by atoms with Gasteiger partial charge >= 0.3 is 5.97 Å². The van der Waals surface area contributed by atoms with E-state index in [-0.39, 0.29) is 6.54 Å². The number of aliphatic carboxylic acids is 1. The maximum atomic E-state index is 10.8. The minimum Gasteiger partial charge on any atom is -0.480 e. The van der Waals surface area contributed by atoms with Crippen molar-refractivity contribution in [2.75, 3.05) is 18.0 Å². The molecule has 1 aromatic heterocycles. The highest BCUT2D eigenvalue weighted by Crippen LogP contribution is 2.19. The number of hydrogen-bond donors (Lipinski definition) is 1. The first kappa shape index (κ1) is 13.0. The third kappa shape index (κ3) is 3.18. The van der Waals surface area contributed by atoms with Gasteiger partial charge in [-0.15, -0.1) is 0 Å². The van der Waals surface area contributed by atoms with Gasteiger partial charge in [0.05, 0.1) is 5.56 Å². The Labute approximate surface area is 100 Å². The van der Waals surface area contributed by atoms with Crippen molar-refractivity contribution in [2.45, 2.75) is 20.3 Å². The first-order valence-electron chi connectivity index (χ1n) is 5.42. The van der Waals surface area contributed by atoms with Crippen LogP contribution in [0.5, 0.6) is 0 Å². The predicted octanol–water partition coefficient (Wildman–Crippen LogP) is 1.56. The van der Waals surface area contributed by atoms with E-state index in [1.807, 2.05) is 13.8 Å². The Hall–Kier alpha value is -2.09. The van der Waals surface area contributed by atoms with Crippen LogP contribution >= 0.6 is 0 Å². The third-order valence-electron chi connectivity index (χ3n) is 2.37. The minimum atomic E-state index is -0.925. The molecular formula is C12H15N3O2. The summed E-state index contributed by atoms with van der Waals surface area (Å²) in [5, 5.41) is 17.9. The van der Waals surface area contributed by atoms with Crippen LogP contribution in [-0.2, 0) is 4.79 Å². The van der Waals surface area contributed by atoms with Gasteiger partial charge in [0, 0.05) is 12.7 Å². The van der Waals surface area contributed by atoms with Gasteiger partial charge in [-0.3, -0.25) is 4.79 Å². The molecule has 0 aliphatic carbocycles. The van der Waals surface area contributed by atoms with Gasteiger partial charge < -0.3 is 10.0 Å². The SMILES string of the molecule is CCCN(CC(=O)O)c1nccc(C)c1C#N. The van der Waals surface area contributed by atoms with E-state index in [2.05, 4.69) is 11.1 Å². The molecule has 1 heterocycles. The molecule has 0 unspecified atom stereocenters. The predicted molar refractivity (Wildman–Crippen MR) is 63.8 cm³/mol. The smallest absolute Gasteiger partial charge is 0.323 e. The Bertz CT molecular complexity index is 452. The molecule has 5 heteroatoms. The van der Waals surface area contributed by atoms with Crippen molar-refractivity contribution in [1.82, 2.24) is 4.98 Å². The van der Waals surface area contributed by atoms with Crippen molar-refractivity contribution in [3.05, 3.63) is 23.4 Å². The molecular weight excluding hydrogens is 218 g/mol.